The second-order valence-corrected chi connectivity index (χ2v) is 6.73. The molecular weight excluding hydrogens is 368 g/mol. The minimum Gasteiger partial charge on any atom is -0.456 e. The molecule has 0 amide bonds. The first-order chi connectivity index (χ1) is 13.3. The fourth-order valence-electron chi connectivity index (χ4n) is 3.66. The topological polar surface area (TPSA) is 134 Å². The van der Waals surface area contributed by atoms with Gasteiger partial charge in [-0.2, -0.15) is 5.10 Å². The molecule has 2 aliphatic rings. The summed E-state index contributed by atoms with van der Waals surface area (Å²) in [6.45, 7) is 4.33. The Balaban J connectivity index is 1.84. The standard InChI is InChI=1S/C17H20N6O5/c1-7-12(27-8(2)24)13(28-9(3)25)17(26-7)23-5-10-11-15(19-6-20-16(11)23)22(4)21-14(10)18/h5-7,12-13,17H,1-4H3,(H2,18,21)/t7-,12-,13-,17-/m1/s1. The molecule has 1 saturated heterocycles. The highest BCUT2D eigenvalue weighted by Crippen LogP contribution is 2.39. The summed E-state index contributed by atoms with van der Waals surface area (Å²) in [4.78, 5) is 31.9. The molecule has 148 valence electrons. The third-order valence-electron chi connectivity index (χ3n) is 4.73. The smallest absolute Gasteiger partial charge is 0.303 e. The molecule has 0 radical (unpaired) electrons. The molecule has 2 N–H and O–H groups in total. The third kappa shape index (κ3) is 2.74. The molecule has 11 heteroatoms. The summed E-state index contributed by atoms with van der Waals surface area (Å²) < 4.78 is 18.6. The average molecular weight is 388 g/mol. The molecular formula is C17H20N6O5. The van der Waals surface area contributed by atoms with Crippen molar-refractivity contribution in [2.45, 2.75) is 45.3 Å². The minimum absolute atomic E-state index is 0.306. The second kappa shape index (κ2) is 6.44. The van der Waals surface area contributed by atoms with Crippen LogP contribution < -0.4 is 10.7 Å². The maximum absolute atomic E-state index is 11.7. The molecule has 0 unspecified atom stereocenters. The summed E-state index contributed by atoms with van der Waals surface area (Å²) in [7, 11) is 1.74. The van der Waals surface area contributed by atoms with Crippen molar-refractivity contribution in [3.05, 3.63) is 18.1 Å². The minimum atomic E-state index is -0.852. The Labute approximate surface area is 160 Å². The van der Waals surface area contributed by atoms with Gasteiger partial charge in [0.2, 0.25) is 0 Å². The normalized spacial score (nSPS) is 26.3. The number of ether oxygens (including phenoxy) is 3. The van der Waals surface area contributed by atoms with Crippen LogP contribution in [0.1, 0.15) is 32.6 Å². The number of rotatable bonds is 3. The predicted molar refractivity (Wildman–Crippen MR) is 97.3 cm³/mol. The number of nitrogens with zero attached hydrogens (tertiary/aromatic N) is 5. The van der Waals surface area contributed by atoms with Gasteiger partial charge in [0, 0.05) is 32.7 Å². The number of carbonyl (C=O) groups excluding carboxylic acids is 2. The Morgan fingerprint density at radius 1 is 1.18 bits per heavy atom. The van der Waals surface area contributed by atoms with Crippen molar-refractivity contribution in [2.24, 2.45) is 10.8 Å². The molecule has 11 nitrogen and oxygen atoms in total. The van der Waals surface area contributed by atoms with E-state index in [1.807, 2.05) is 0 Å². The average Bonchev–Trinajstić information content (AvgIpc) is 3.13. The van der Waals surface area contributed by atoms with Crippen molar-refractivity contribution in [3.63, 3.8) is 0 Å². The van der Waals surface area contributed by atoms with Crippen molar-refractivity contribution >= 4 is 34.6 Å². The summed E-state index contributed by atoms with van der Waals surface area (Å²) in [5, 5.41) is 6.54. The summed E-state index contributed by atoms with van der Waals surface area (Å²) in [6, 6.07) is 0. The van der Waals surface area contributed by atoms with Gasteiger partial charge in [-0.3, -0.25) is 9.59 Å². The van der Waals surface area contributed by atoms with Gasteiger partial charge in [0.05, 0.1) is 11.5 Å². The van der Waals surface area contributed by atoms with E-state index >= 15 is 0 Å². The zero-order valence-corrected chi connectivity index (χ0v) is 15.8. The third-order valence-corrected chi connectivity index (χ3v) is 4.73. The summed E-state index contributed by atoms with van der Waals surface area (Å²) in [5.41, 5.74) is 7.28. The molecule has 0 bridgehead atoms. The maximum Gasteiger partial charge on any atom is 0.303 e. The second-order valence-electron chi connectivity index (χ2n) is 6.73. The van der Waals surface area contributed by atoms with Crippen molar-refractivity contribution in [2.75, 3.05) is 12.1 Å². The highest BCUT2D eigenvalue weighted by Gasteiger charge is 2.49. The largest absolute Gasteiger partial charge is 0.456 e. The van der Waals surface area contributed by atoms with Crippen LogP contribution >= 0.6 is 0 Å². The Kier molecular flexibility index (Phi) is 4.18. The van der Waals surface area contributed by atoms with Crippen molar-refractivity contribution in [1.82, 2.24) is 14.5 Å². The molecule has 4 atom stereocenters. The van der Waals surface area contributed by atoms with Crippen LogP contribution in [-0.2, 0) is 23.8 Å². The first-order valence-corrected chi connectivity index (χ1v) is 8.71. The monoisotopic (exact) mass is 388 g/mol. The van der Waals surface area contributed by atoms with Gasteiger partial charge in [0.15, 0.2) is 30.1 Å². The fourth-order valence-corrected chi connectivity index (χ4v) is 3.66. The van der Waals surface area contributed by atoms with E-state index in [4.69, 9.17) is 19.9 Å². The van der Waals surface area contributed by atoms with Crippen molar-refractivity contribution in [1.29, 1.82) is 0 Å². The van der Waals surface area contributed by atoms with Gasteiger partial charge in [-0.15, -0.1) is 0 Å². The molecule has 4 heterocycles. The Hall–Kier alpha value is -3.21. The number of hydrogen-bond acceptors (Lipinski definition) is 10. The van der Waals surface area contributed by atoms with Crippen molar-refractivity contribution < 1.29 is 23.8 Å². The lowest BCUT2D eigenvalue weighted by Gasteiger charge is -2.23. The molecule has 2 aliphatic heterocycles. The van der Waals surface area contributed by atoms with Crippen LogP contribution in [0.4, 0.5) is 5.82 Å². The van der Waals surface area contributed by atoms with E-state index in [1.165, 1.54) is 20.2 Å². The van der Waals surface area contributed by atoms with Crippen molar-refractivity contribution in [3.8, 4) is 0 Å². The lowest BCUT2D eigenvalue weighted by molar-refractivity contribution is -0.165. The van der Waals surface area contributed by atoms with Gasteiger partial charge in [-0.25, -0.2) is 15.0 Å². The predicted octanol–water partition coefficient (Wildman–Crippen LogP) is 0.282. The van der Waals surface area contributed by atoms with Crippen LogP contribution in [-0.4, -0.2) is 57.7 Å². The van der Waals surface area contributed by atoms with Gasteiger partial charge in [0.25, 0.3) is 0 Å². The SMILES string of the molecule is CC(=O)O[C@@H]1[C@H](OC(C)=O)[C@@H](C)O[C@H]1n1cc2c3c(ncnc31)N(C)N=C2N. The summed E-state index contributed by atoms with van der Waals surface area (Å²) in [5.74, 6) is -0.0986. The summed E-state index contributed by atoms with van der Waals surface area (Å²) in [6.07, 6.45) is 0.271. The highest BCUT2D eigenvalue weighted by molar-refractivity contribution is 6.13. The Morgan fingerprint density at radius 2 is 1.86 bits per heavy atom. The zero-order chi connectivity index (χ0) is 20.2. The van der Waals surface area contributed by atoms with E-state index in [1.54, 1.807) is 29.7 Å². The van der Waals surface area contributed by atoms with Gasteiger partial charge < -0.3 is 24.5 Å². The zero-order valence-electron chi connectivity index (χ0n) is 15.8. The first-order valence-electron chi connectivity index (χ1n) is 8.71. The Bertz CT molecular complexity index is 1000. The van der Waals surface area contributed by atoms with E-state index in [9.17, 15) is 9.59 Å². The molecule has 0 spiro atoms. The molecule has 0 aromatic carbocycles. The number of aromatic nitrogens is 3. The van der Waals surface area contributed by atoms with E-state index in [-0.39, 0.29) is 0 Å². The van der Waals surface area contributed by atoms with Crippen LogP contribution in [0.15, 0.2) is 17.6 Å². The number of esters is 2. The van der Waals surface area contributed by atoms with E-state index in [2.05, 4.69) is 15.1 Å². The molecule has 0 aliphatic carbocycles. The van der Waals surface area contributed by atoms with Gasteiger partial charge >= 0.3 is 11.9 Å². The first kappa shape index (κ1) is 18.2. The highest BCUT2D eigenvalue weighted by atomic mass is 16.6. The fraction of sp³-hybridized carbons (Fsp3) is 0.471. The number of amidine groups is 1. The molecule has 2 aromatic heterocycles. The molecule has 0 saturated carbocycles. The van der Waals surface area contributed by atoms with E-state index in [0.29, 0.717) is 28.3 Å². The lowest BCUT2D eigenvalue weighted by Crippen LogP contribution is -2.38. The van der Waals surface area contributed by atoms with Crippen LogP contribution in [0.25, 0.3) is 11.0 Å². The number of hydrogen-bond donors (Lipinski definition) is 1. The van der Waals surface area contributed by atoms with Gasteiger partial charge in [0.1, 0.15) is 12.0 Å². The number of anilines is 1. The Morgan fingerprint density at radius 3 is 2.54 bits per heavy atom. The molecule has 4 rings (SSSR count). The molecule has 2 aromatic rings. The van der Waals surface area contributed by atoms with Gasteiger partial charge in [-0.05, 0) is 6.92 Å². The van der Waals surface area contributed by atoms with E-state index in [0.717, 1.165) is 0 Å². The number of carbonyl (C=O) groups is 2. The van der Waals surface area contributed by atoms with Crippen LogP contribution in [0, 0.1) is 0 Å². The quantitative estimate of drug-likeness (QED) is 0.736. The molecule has 28 heavy (non-hydrogen) atoms. The van der Waals surface area contributed by atoms with Crippen LogP contribution in [0.5, 0.6) is 0 Å². The lowest BCUT2D eigenvalue weighted by atomic mass is 10.1. The van der Waals surface area contributed by atoms with Gasteiger partial charge in [-0.1, -0.05) is 0 Å². The number of hydrazone groups is 1. The van der Waals surface area contributed by atoms with E-state index < -0.39 is 36.5 Å². The summed E-state index contributed by atoms with van der Waals surface area (Å²) >= 11 is 0. The molecule has 1 fully saturated rings. The van der Waals surface area contributed by atoms with Crippen LogP contribution in [0.3, 0.4) is 0 Å². The maximum atomic E-state index is 11.7. The van der Waals surface area contributed by atoms with Crippen LogP contribution in [0.2, 0.25) is 0 Å². The number of nitrogens with two attached hydrogens (primary N) is 1.